The summed E-state index contributed by atoms with van der Waals surface area (Å²) in [6.45, 7) is 1.98. The zero-order valence-corrected chi connectivity index (χ0v) is 11.8. The van der Waals surface area contributed by atoms with Gasteiger partial charge in [-0.25, -0.2) is 13.1 Å². The number of rotatable bonds is 4. The van der Waals surface area contributed by atoms with Crippen molar-refractivity contribution in [2.75, 3.05) is 5.73 Å². The third-order valence-electron chi connectivity index (χ3n) is 2.68. The Kier molecular flexibility index (Phi) is 3.33. The zero-order chi connectivity index (χ0) is 14.2. The van der Waals surface area contributed by atoms with Crippen molar-refractivity contribution in [2.24, 2.45) is 14.1 Å². The molecule has 0 saturated carbocycles. The van der Waals surface area contributed by atoms with Gasteiger partial charge in [0.15, 0.2) is 5.82 Å². The van der Waals surface area contributed by atoms with Crippen molar-refractivity contribution in [3.63, 3.8) is 0 Å². The van der Waals surface area contributed by atoms with E-state index >= 15 is 0 Å². The van der Waals surface area contributed by atoms with Crippen molar-refractivity contribution in [3.05, 3.63) is 23.7 Å². The smallest absolute Gasteiger partial charge is 0.246 e. The lowest BCUT2D eigenvalue weighted by Gasteiger charge is -2.04. The lowest BCUT2D eigenvalue weighted by molar-refractivity contribution is 0.581. The molecule has 104 valence electrons. The molecule has 8 nitrogen and oxygen atoms in total. The van der Waals surface area contributed by atoms with Crippen molar-refractivity contribution >= 4 is 15.8 Å². The highest BCUT2D eigenvalue weighted by atomic mass is 32.2. The zero-order valence-electron chi connectivity index (χ0n) is 11.0. The molecule has 3 N–H and O–H groups in total. The largest absolute Gasteiger partial charge is 0.381 e. The molecule has 0 aliphatic heterocycles. The van der Waals surface area contributed by atoms with Gasteiger partial charge in [0.05, 0.1) is 5.69 Å². The Labute approximate surface area is 111 Å². The third-order valence-corrected chi connectivity index (χ3v) is 4.10. The van der Waals surface area contributed by atoms with Gasteiger partial charge in [0.25, 0.3) is 0 Å². The standard InChI is InChI=1S/C10H16N6O2S/c1-7-8(5-15(2)13-7)4-12-19(17,18)9-6-16(3)14-10(9)11/h5-6,12H,4H2,1-3H3,(H2,11,14). The number of aryl methyl sites for hydroxylation is 3. The molecule has 0 unspecified atom stereocenters. The first-order valence-electron chi connectivity index (χ1n) is 5.57. The predicted octanol–water partition coefficient (Wildman–Crippen LogP) is -0.477. The molecule has 0 radical (unpaired) electrons. The van der Waals surface area contributed by atoms with Crippen LogP contribution in [0.5, 0.6) is 0 Å². The quantitative estimate of drug-likeness (QED) is 0.788. The van der Waals surface area contributed by atoms with Crippen LogP contribution < -0.4 is 10.5 Å². The fourth-order valence-corrected chi connectivity index (χ4v) is 2.87. The van der Waals surface area contributed by atoms with E-state index in [-0.39, 0.29) is 17.3 Å². The molecule has 0 fully saturated rings. The summed E-state index contributed by atoms with van der Waals surface area (Å²) in [5.41, 5.74) is 7.16. The molecule has 0 aliphatic carbocycles. The van der Waals surface area contributed by atoms with E-state index < -0.39 is 10.0 Å². The van der Waals surface area contributed by atoms with E-state index in [1.807, 2.05) is 6.92 Å². The molecule has 2 rings (SSSR count). The van der Waals surface area contributed by atoms with Crippen LogP contribution >= 0.6 is 0 Å². The predicted molar refractivity (Wildman–Crippen MR) is 69.6 cm³/mol. The molecule has 0 atom stereocenters. The van der Waals surface area contributed by atoms with Gasteiger partial charge >= 0.3 is 0 Å². The van der Waals surface area contributed by atoms with Gasteiger partial charge in [-0.15, -0.1) is 0 Å². The number of nitrogens with one attached hydrogen (secondary N) is 1. The second-order valence-corrected chi connectivity index (χ2v) is 6.03. The lowest BCUT2D eigenvalue weighted by atomic mass is 10.3. The number of sulfonamides is 1. The molecule has 9 heteroatoms. The maximum Gasteiger partial charge on any atom is 0.246 e. The summed E-state index contributed by atoms with van der Waals surface area (Å²) in [5.74, 6) is -0.0158. The summed E-state index contributed by atoms with van der Waals surface area (Å²) in [6, 6.07) is 0. The van der Waals surface area contributed by atoms with E-state index in [1.165, 1.54) is 10.9 Å². The highest BCUT2D eigenvalue weighted by Gasteiger charge is 2.20. The van der Waals surface area contributed by atoms with Crippen LogP contribution in [0, 0.1) is 6.92 Å². The minimum Gasteiger partial charge on any atom is -0.381 e. The minimum atomic E-state index is -3.67. The highest BCUT2D eigenvalue weighted by molar-refractivity contribution is 7.89. The molecule has 0 saturated heterocycles. The van der Waals surface area contributed by atoms with E-state index in [9.17, 15) is 8.42 Å². The number of nitrogens with zero attached hydrogens (tertiary/aromatic N) is 4. The van der Waals surface area contributed by atoms with Crippen LogP contribution in [0.15, 0.2) is 17.3 Å². The average Bonchev–Trinajstić information content (AvgIpc) is 2.79. The van der Waals surface area contributed by atoms with Crippen molar-refractivity contribution in [3.8, 4) is 0 Å². The molecule has 2 aromatic heterocycles. The third kappa shape index (κ3) is 2.76. The lowest BCUT2D eigenvalue weighted by Crippen LogP contribution is -2.23. The van der Waals surface area contributed by atoms with Crippen LogP contribution in [0.2, 0.25) is 0 Å². The van der Waals surface area contributed by atoms with Crippen LogP contribution in [0.4, 0.5) is 5.82 Å². The van der Waals surface area contributed by atoms with Gasteiger partial charge < -0.3 is 5.73 Å². The fraction of sp³-hybridized carbons (Fsp3) is 0.400. The van der Waals surface area contributed by atoms with Crippen molar-refractivity contribution in [1.29, 1.82) is 0 Å². The molecule has 19 heavy (non-hydrogen) atoms. The molecule has 0 aromatic carbocycles. The first-order chi connectivity index (χ1) is 8.79. The number of aromatic nitrogens is 4. The highest BCUT2D eigenvalue weighted by Crippen LogP contribution is 2.16. The van der Waals surface area contributed by atoms with Crippen LogP contribution in [0.25, 0.3) is 0 Å². The van der Waals surface area contributed by atoms with Crippen LogP contribution in [0.3, 0.4) is 0 Å². The molecule has 0 bridgehead atoms. The van der Waals surface area contributed by atoms with Gasteiger partial charge in [-0.1, -0.05) is 0 Å². The number of nitrogens with two attached hydrogens (primary N) is 1. The Morgan fingerprint density at radius 3 is 2.37 bits per heavy atom. The minimum absolute atomic E-state index is 0.0158. The maximum absolute atomic E-state index is 12.1. The second-order valence-electron chi connectivity index (χ2n) is 4.29. The normalized spacial score (nSPS) is 11.9. The Hall–Kier alpha value is -1.87. The van der Waals surface area contributed by atoms with E-state index in [0.717, 1.165) is 11.3 Å². The van der Waals surface area contributed by atoms with Crippen LogP contribution in [-0.2, 0) is 30.7 Å². The molecule has 0 spiro atoms. The number of nitrogen functional groups attached to an aromatic ring is 1. The molecular formula is C10H16N6O2S. The first-order valence-corrected chi connectivity index (χ1v) is 7.06. The summed E-state index contributed by atoms with van der Waals surface area (Å²) in [7, 11) is -0.278. The molecule has 0 amide bonds. The van der Waals surface area contributed by atoms with Crippen LogP contribution in [0.1, 0.15) is 11.3 Å². The molecule has 2 heterocycles. The fourth-order valence-electron chi connectivity index (χ4n) is 1.76. The summed E-state index contributed by atoms with van der Waals surface area (Å²) < 4.78 is 29.7. The number of anilines is 1. The Bertz CT molecular complexity index is 700. The maximum atomic E-state index is 12.1. The van der Waals surface area contributed by atoms with Crippen molar-refractivity contribution in [2.45, 2.75) is 18.4 Å². The Morgan fingerprint density at radius 1 is 1.26 bits per heavy atom. The number of hydrogen-bond donors (Lipinski definition) is 2. The SMILES string of the molecule is Cc1nn(C)cc1CNS(=O)(=O)c1cn(C)nc1N. The Balaban J connectivity index is 2.19. The van der Waals surface area contributed by atoms with Gasteiger partial charge in [-0.3, -0.25) is 9.36 Å². The van der Waals surface area contributed by atoms with E-state index in [4.69, 9.17) is 5.73 Å². The van der Waals surface area contributed by atoms with Crippen LogP contribution in [-0.4, -0.2) is 28.0 Å². The molecule has 2 aromatic rings. The van der Waals surface area contributed by atoms with E-state index in [1.54, 1.807) is 25.0 Å². The monoisotopic (exact) mass is 284 g/mol. The average molecular weight is 284 g/mol. The summed E-state index contributed by atoms with van der Waals surface area (Å²) in [5, 5.41) is 7.96. The van der Waals surface area contributed by atoms with Gasteiger partial charge in [0, 0.05) is 38.6 Å². The summed E-state index contributed by atoms with van der Waals surface area (Å²) in [4.78, 5) is -0.0171. The van der Waals surface area contributed by atoms with Gasteiger partial charge in [0.2, 0.25) is 10.0 Å². The Morgan fingerprint density at radius 2 is 1.89 bits per heavy atom. The first kappa shape index (κ1) is 13.6. The van der Waals surface area contributed by atoms with Gasteiger partial charge in [-0.05, 0) is 6.92 Å². The van der Waals surface area contributed by atoms with Gasteiger partial charge in [0.1, 0.15) is 4.90 Å². The summed E-state index contributed by atoms with van der Waals surface area (Å²) in [6.07, 6.45) is 3.14. The van der Waals surface area contributed by atoms with Crippen molar-refractivity contribution in [1.82, 2.24) is 24.3 Å². The van der Waals surface area contributed by atoms with Crippen molar-refractivity contribution < 1.29 is 8.42 Å². The number of hydrogen-bond acceptors (Lipinski definition) is 5. The van der Waals surface area contributed by atoms with E-state index in [0.29, 0.717) is 0 Å². The van der Waals surface area contributed by atoms with E-state index in [2.05, 4.69) is 14.9 Å². The molecular weight excluding hydrogens is 268 g/mol. The topological polar surface area (TPSA) is 108 Å². The van der Waals surface area contributed by atoms with Gasteiger partial charge in [-0.2, -0.15) is 10.2 Å². The second kappa shape index (κ2) is 4.67. The molecule has 0 aliphatic rings. The summed E-state index contributed by atoms with van der Waals surface area (Å²) >= 11 is 0.